The number of nitrogens with two attached hydrogens (primary N) is 1. The van der Waals surface area contributed by atoms with Crippen molar-refractivity contribution in [1.29, 1.82) is 0 Å². The molecular formula is C15H28N2. The van der Waals surface area contributed by atoms with Crippen molar-refractivity contribution < 1.29 is 0 Å². The molecule has 1 heterocycles. The van der Waals surface area contributed by atoms with Crippen LogP contribution in [-0.4, -0.2) is 30.1 Å². The first-order valence-corrected chi connectivity index (χ1v) is 7.72. The molecule has 3 rings (SSSR count). The Morgan fingerprint density at radius 1 is 1.18 bits per heavy atom. The predicted molar refractivity (Wildman–Crippen MR) is 71.8 cm³/mol. The van der Waals surface area contributed by atoms with Gasteiger partial charge in [0.05, 0.1) is 0 Å². The average molecular weight is 236 g/mol. The van der Waals surface area contributed by atoms with E-state index >= 15 is 0 Å². The quantitative estimate of drug-likeness (QED) is 0.816. The summed E-state index contributed by atoms with van der Waals surface area (Å²) in [6, 6.07) is 0. The molecule has 0 amide bonds. The van der Waals surface area contributed by atoms with E-state index in [4.69, 9.17) is 5.73 Å². The first-order chi connectivity index (χ1) is 8.27. The Morgan fingerprint density at radius 2 is 1.88 bits per heavy atom. The topological polar surface area (TPSA) is 29.3 Å². The summed E-state index contributed by atoms with van der Waals surface area (Å²) in [6.07, 6.45) is 9.96. The molecule has 2 aliphatic carbocycles. The number of likely N-dealkylation sites (tertiary alicyclic amines) is 1. The molecule has 2 heteroatoms. The highest BCUT2D eigenvalue weighted by molar-refractivity contribution is 5.03. The van der Waals surface area contributed by atoms with Crippen LogP contribution in [0.5, 0.6) is 0 Å². The van der Waals surface area contributed by atoms with Gasteiger partial charge in [-0.3, -0.25) is 4.90 Å². The standard InChI is InChI=1S/C15H28N2/c1-2-12-6-7-15(8-12,11-16)17-9-13-4-3-5-14(13)10-17/h12-14H,2-11,16H2,1H3. The Labute approximate surface area is 106 Å². The molecule has 17 heavy (non-hydrogen) atoms. The lowest BCUT2D eigenvalue weighted by Crippen LogP contribution is -2.51. The van der Waals surface area contributed by atoms with E-state index in [0.717, 1.165) is 24.3 Å². The van der Waals surface area contributed by atoms with Crippen molar-refractivity contribution in [2.24, 2.45) is 23.5 Å². The summed E-state index contributed by atoms with van der Waals surface area (Å²) in [5.41, 5.74) is 6.57. The summed E-state index contributed by atoms with van der Waals surface area (Å²) in [4.78, 5) is 2.80. The second kappa shape index (κ2) is 4.55. The van der Waals surface area contributed by atoms with Crippen molar-refractivity contribution in [2.75, 3.05) is 19.6 Å². The van der Waals surface area contributed by atoms with Gasteiger partial charge in [-0.1, -0.05) is 19.8 Å². The number of hydrogen-bond acceptors (Lipinski definition) is 2. The van der Waals surface area contributed by atoms with Crippen LogP contribution in [0.25, 0.3) is 0 Å². The van der Waals surface area contributed by atoms with Gasteiger partial charge in [-0.05, 0) is 49.9 Å². The number of fused-ring (bicyclic) bond motifs is 1. The molecule has 2 nitrogen and oxygen atoms in total. The smallest absolute Gasteiger partial charge is 0.0334 e. The second-order valence-corrected chi connectivity index (χ2v) is 6.80. The molecule has 2 N–H and O–H groups in total. The largest absolute Gasteiger partial charge is 0.329 e. The molecule has 0 bridgehead atoms. The SMILES string of the molecule is CCC1CCC(CN)(N2CC3CCCC3C2)C1. The molecule has 1 aliphatic heterocycles. The first-order valence-electron chi connectivity index (χ1n) is 7.72. The van der Waals surface area contributed by atoms with Gasteiger partial charge in [0.1, 0.15) is 0 Å². The van der Waals surface area contributed by atoms with Crippen LogP contribution in [-0.2, 0) is 0 Å². The minimum Gasteiger partial charge on any atom is -0.329 e. The molecule has 98 valence electrons. The van der Waals surface area contributed by atoms with Gasteiger partial charge < -0.3 is 5.73 Å². The fraction of sp³-hybridized carbons (Fsp3) is 1.00. The maximum atomic E-state index is 6.17. The van der Waals surface area contributed by atoms with Gasteiger partial charge >= 0.3 is 0 Å². The summed E-state index contributed by atoms with van der Waals surface area (Å²) in [6.45, 7) is 5.95. The van der Waals surface area contributed by atoms with Crippen molar-refractivity contribution in [1.82, 2.24) is 4.90 Å². The fourth-order valence-electron chi connectivity index (χ4n) is 4.79. The normalized spacial score (nSPS) is 46.6. The molecule has 2 saturated carbocycles. The summed E-state index contributed by atoms with van der Waals surface area (Å²) >= 11 is 0. The zero-order valence-corrected chi connectivity index (χ0v) is 11.3. The lowest BCUT2D eigenvalue weighted by molar-refractivity contribution is 0.114. The number of rotatable bonds is 3. The van der Waals surface area contributed by atoms with Crippen LogP contribution in [0.4, 0.5) is 0 Å². The first kappa shape index (κ1) is 12.0. The molecule has 1 saturated heterocycles. The van der Waals surface area contributed by atoms with Crippen molar-refractivity contribution in [3.63, 3.8) is 0 Å². The van der Waals surface area contributed by atoms with Crippen LogP contribution in [0.1, 0.15) is 51.9 Å². The minimum absolute atomic E-state index is 0.394. The average Bonchev–Trinajstić information content (AvgIpc) is 3.02. The van der Waals surface area contributed by atoms with E-state index in [9.17, 15) is 0 Å². The van der Waals surface area contributed by atoms with E-state index in [0.29, 0.717) is 5.54 Å². The third kappa shape index (κ3) is 1.94. The monoisotopic (exact) mass is 236 g/mol. The maximum Gasteiger partial charge on any atom is 0.0334 e. The van der Waals surface area contributed by atoms with Crippen LogP contribution < -0.4 is 5.73 Å². The van der Waals surface area contributed by atoms with E-state index in [1.165, 1.54) is 58.0 Å². The van der Waals surface area contributed by atoms with Gasteiger partial charge in [-0.25, -0.2) is 0 Å². The lowest BCUT2D eigenvalue weighted by atomic mass is 9.93. The van der Waals surface area contributed by atoms with Crippen LogP contribution in [0.15, 0.2) is 0 Å². The van der Waals surface area contributed by atoms with Crippen molar-refractivity contribution in [2.45, 2.75) is 57.4 Å². The molecule has 3 fully saturated rings. The maximum absolute atomic E-state index is 6.17. The van der Waals surface area contributed by atoms with Gasteiger partial charge in [0, 0.05) is 25.2 Å². The highest BCUT2D eigenvalue weighted by Crippen LogP contribution is 2.46. The van der Waals surface area contributed by atoms with Crippen LogP contribution >= 0.6 is 0 Å². The molecule has 0 aromatic rings. The van der Waals surface area contributed by atoms with E-state index in [1.807, 2.05) is 0 Å². The second-order valence-electron chi connectivity index (χ2n) is 6.80. The highest BCUT2D eigenvalue weighted by atomic mass is 15.2. The zero-order valence-electron chi connectivity index (χ0n) is 11.3. The van der Waals surface area contributed by atoms with Crippen LogP contribution in [0.2, 0.25) is 0 Å². The summed E-state index contributed by atoms with van der Waals surface area (Å²) in [5, 5.41) is 0. The Kier molecular flexibility index (Phi) is 3.20. The van der Waals surface area contributed by atoms with Gasteiger partial charge in [0.2, 0.25) is 0 Å². The van der Waals surface area contributed by atoms with Crippen LogP contribution in [0.3, 0.4) is 0 Å². The Hall–Kier alpha value is -0.0800. The number of nitrogens with zero attached hydrogens (tertiary/aromatic N) is 1. The molecule has 0 aromatic heterocycles. The Bertz CT molecular complexity index is 266. The highest BCUT2D eigenvalue weighted by Gasteiger charge is 2.47. The molecule has 3 aliphatic rings. The Morgan fingerprint density at radius 3 is 2.41 bits per heavy atom. The van der Waals surface area contributed by atoms with E-state index in [2.05, 4.69) is 11.8 Å². The van der Waals surface area contributed by atoms with Crippen molar-refractivity contribution in [3.8, 4) is 0 Å². The zero-order chi connectivity index (χ0) is 11.9. The third-order valence-electron chi connectivity index (χ3n) is 6.04. The third-order valence-corrected chi connectivity index (χ3v) is 6.04. The van der Waals surface area contributed by atoms with Gasteiger partial charge in [-0.2, -0.15) is 0 Å². The minimum atomic E-state index is 0.394. The fourth-order valence-corrected chi connectivity index (χ4v) is 4.79. The molecule has 0 aromatic carbocycles. The van der Waals surface area contributed by atoms with Crippen molar-refractivity contribution >= 4 is 0 Å². The van der Waals surface area contributed by atoms with E-state index < -0.39 is 0 Å². The Balaban J connectivity index is 1.70. The number of hydrogen-bond donors (Lipinski definition) is 1. The van der Waals surface area contributed by atoms with E-state index in [1.54, 1.807) is 0 Å². The summed E-state index contributed by atoms with van der Waals surface area (Å²) < 4.78 is 0. The molecule has 0 radical (unpaired) electrons. The predicted octanol–water partition coefficient (Wildman–Crippen LogP) is 2.63. The lowest BCUT2D eigenvalue weighted by Gasteiger charge is -2.39. The molecule has 4 unspecified atom stereocenters. The van der Waals surface area contributed by atoms with Gasteiger partial charge in [-0.15, -0.1) is 0 Å². The van der Waals surface area contributed by atoms with Gasteiger partial charge in [0.25, 0.3) is 0 Å². The molecule has 0 spiro atoms. The summed E-state index contributed by atoms with van der Waals surface area (Å²) in [7, 11) is 0. The van der Waals surface area contributed by atoms with Crippen LogP contribution in [0, 0.1) is 17.8 Å². The van der Waals surface area contributed by atoms with E-state index in [-0.39, 0.29) is 0 Å². The summed E-state index contributed by atoms with van der Waals surface area (Å²) in [5.74, 6) is 2.97. The molecular weight excluding hydrogens is 208 g/mol. The molecule has 4 atom stereocenters. The van der Waals surface area contributed by atoms with Gasteiger partial charge in [0.15, 0.2) is 0 Å². The van der Waals surface area contributed by atoms with Crippen molar-refractivity contribution in [3.05, 3.63) is 0 Å².